The first-order chi connectivity index (χ1) is 19.5. The summed E-state index contributed by atoms with van der Waals surface area (Å²) in [5.41, 5.74) is 2.83. The lowest BCUT2D eigenvalue weighted by atomic mass is 9.88. The molecule has 0 radical (unpaired) electrons. The van der Waals surface area contributed by atoms with Gasteiger partial charge in [0.1, 0.15) is 6.61 Å². The molecular formula is C33H38ClN3O3. The number of hydrogen-bond acceptors (Lipinski definition) is 4. The van der Waals surface area contributed by atoms with Gasteiger partial charge in [0, 0.05) is 51.2 Å². The lowest BCUT2D eigenvalue weighted by Crippen LogP contribution is -2.48. The minimum atomic E-state index is -0.238. The molecule has 0 spiro atoms. The number of amides is 2. The summed E-state index contributed by atoms with van der Waals surface area (Å²) in [6.07, 6.45) is 1.59. The standard InChI is InChI=1S/C33H38ClN3O3/c1-2-37(33(39)40-24-25-11-5-3-6-12-25)28-17-19-35(20-18-28)21-27-22-36(23-30(27)26-13-7-4-8-14-26)32(38)29-15-9-10-16-31(29)34/h3-16,27-28,30H,2,17-24H2,1H3/t27-,30-/m0/s1. The number of carbonyl (C=O) groups is 2. The van der Waals surface area contributed by atoms with Crippen LogP contribution in [0.5, 0.6) is 0 Å². The van der Waals surface area contributed by atoms with Crippen LogP contribution in [-0.2, 0) is 11.3 Å². The van der Waals surface area contributed by atoms with E-state index in [-0.39, 0.29) is 24.0 Å². The molecule has 2 aliphatic heterocycles. The molecule has 7 heteroatoms. The van der Waals surface area contributed by atoms with E-state index in [4.69, 9.17) is 16.3 Å². The van der Waals surface area contributed by atoms with Crippen LogP contribution in [0.15, 0.2) is 84.9 Å². The highest BCUT2D eigenvalue weighted by atomic mass is 35.5. The topological polar surface area (TPSA) is 53.1 Å². The van der Waals surface area contributed by atoms with Gasteiger partial charge in [-0.15, -0.1) is 0 Å². The van der Waals surface area contributed by atoms with Gasteiger partial charge in [-0.3, -0.25) is 4.79 Å². The molecule has 0 saturated carbocycles. The maximum atomic E-state index is 13.4. The molecule has 0 aliphatic carbocycles. The Morgan fingerprint density at radius 1 is 0.900 bits per heavy atom. The van der Waals surface area contributed by atoms with Crippen molar-refractivity contribution in [1.29, 1.82) is 0 Å². The van der Waals surface area contributed by atoms with Crippen molar-refractivity contribution in [2.45, 2.75) is 38.3 Å². The second-order valence-electron chi connectivity index (χ2n) is 10.8. The first-order valence-corrected chi connectivity index (χ1v) is 14.7. The van der Waals surface area contributed by atoms with Gasteiger partial charge in [0.15, 0.2) is 0 Å². The van der Waals surface area contributed by atoms with Gasteiger partial charge in [-0.25, -0.2) is 4.79 Å². The zero-order valence-corrected chi connectivity index (χ0v) is 23.9. The van der Waals surface area contributed by atoms with Crippen LogP contribution in [-0.4, -0.2) is 72.0 Å². The highest BCUT2D eigenvalue weighted by Gasteiger charge is 2.38. The van der Waals surface area contributed by atoms with Crippen LogP contribution in [0.3, 0.4) is 0 Å². The number of hydrogen-bond donors (Lipinski definition) is 0. The second kappa shape index (κ2) is 13.3. The largest absolute Gasteiger partial charge is 0.445 e. The minimum Gasteiger partial charge on any atom is -0.445 e. The van der Waals surface area contributed by atoms with Gasteiger partial charge in [-0.2, -0.15) is 0 Å². The maximum absolute atomic E-state index is 13.4. The second-order valence-corrected chi connectivity index (χ2v) is 11.2. The Kier molecular flexibility index (Phi) is 9.40. The highest BCUT2D eigenvalue weighted by molar-refractivity contribution is 6.33. The number of halogens is 1. The first kappa shape index (κ1) is 28.2. The fourth-order valence-electron chi connectivity index (χ4n) is 6.19. The third-order valence-electron chi connectivity index (χ3n) is 8.33. The summed E-state index contributed by atoms with van der Waals surface area (Å²) in [5.74, 6) is 0.592. The van der Waals surface area contributed by atoms with Gasteiger partial charge in [0.25, 0.3) is 5.91 Å². The van der Waals surface area contributed by atoms with E-state index in [1.165, 1.54) is 5.56 Å². The smallest absolute Gasteiger partial charge is 0.410 e. The molecule has 0 aromatic heterocycles. The van der Waals surface area contributed by atoms with Gasteiger partial charge in [0.05, 0.1) is 10.6 Å². The van der Waals surface area contributed by atoms with Crippen molar-refractivity contribution in [3.63, 3.8) is 0 Å². The normalized spacial score (nSPS) is 19.9. The van der Waals surface area contributed by atoms with Gasteiger partial charge in [-0.05, 0) is 48.9 Å². The van der Waals surface area contributed by atoms with Crippen molar-refractivity contribution in [1.82, 2.24) is 14.7 Å². The van der Waals surface area contributed by atoms with Crippen molar-refractivity contribution in [3.05, 3.63) is 107 Å². The van der Waals surface area contributed by atoms with Crippen LogP contribution in [0.4, 0.5) is 4.79 Å². The lowest BCUT2D eigenvalue weighted by molar-refractivity contribution is 0.0602. The fourth-order valence-corrected chi connectivity index (χ4v) is 6.41. The van der Waals surface area contributed by atoms with Crippen molar-refractivity contribution in [3.8, 4) is 0 Å². The van der Waals surface area contributed by atoms with E-state index >= 15 is 0 Å². The Bertz CT molecular complexity index is 1260. The summed E-state index contributed by atoms with van der Waals surface area (Å²) >= 11 is 6.37. The number of benzene rings is 3. The van der Waals surface area contributed by atoms with E-state index in [1.807, 2.05) is 71.3 Å². The van der Waals surface area contributed by atoms with Crippen LogP contribution in [0.1, 0.15) is 47.2 Å². The molecule has 3 aromatic carbocycles. The molecule has 40 heavy (non-hydrogen) atoms. The van der Waals surface area contributed by atoms with Crippen molar-refractivity contribution in [2.75, 3.05) is 39.3 Å². The van der Waals surface area contributed by atoms with E-state index in [0.29, 0.717) is 42.7 Å². The molecular weight excluding hydrogens is 522 g/mol. The van der Waals surface area contributed by atoms with Gasteiger partial charge < -0.3 is 19.4 Å². The van der Waals surface area contributed by atoms with E-state index < -0.39 is 0 Å². The average Bonchev–Trinajstić information content (AvgIpc) is 3.42. The first-order valence-electron chi connectivity index (χ1n) is 14.3. The molecule has 3 aromatic rings. The van der Waals surface area contributed by atoms with E-state index in [9.17, 15) is 9.59 Å². The average molecular weight is 560 g/mol. The molecule has 2 heterocycles. The van der Waals surface area contributed by atoms with E-state index in [2.05, 4.69) is 29.2 Å². The summed E-state index contributed by atoms with van der Waals surface area (Å²) in [6.45, 7) is 7.10. The van der Waals surface area contributed by atoms with Crippen LogP contribution in [0.2, 0.25) is 5.02 Å². The number of rotatable bonds is 8. The molecule has 2 saturated heterocycles. The van der Waals surface area contributed by atoms with Gasteiger partial charge >= 0.3 is 6.09 Å². The summed E-state index contributed by atoms with van der Waals surface area (Å²) in [4.78, 5) is 32.7. The third-order valence-corrected chi connectivity index (χ3v) is 8.66. The van der Waals surface area contributed by atoms with Crippen molar-refractivity contribution < 1.29 is 14.3 Å². The summed E-state index contributed by atoms with van der Waals surface area (Å²) < 4.78 is 5.64. The highest BCUT2D eigenvalue weighted by Crippen LogP contribution is 2.35. The number of nitrogens with zero attached hydrogens (tertiary/aromatic N) is 3. The Hall–Kier alpha value is -3.35. The Balaban J connectivity index is 1.20. The zero-order valence-electron chi connectivity index (χ0n) is 23.1. The van der Waals surface area contributed by atoms with E-state index in [1.54, 1.807) is 6.07 Å². The quantitative estimate of drug-likeness (QED) is 0.324. The Labute approximate surface area is 242 Å². The molecule has 6 nitrogen and oxygen atoms in total. The third kappa shape index (κ3) is 6.68. The molecule has 5 rings (SSSR count). The number of piperidine rings is 1. The maximum Gasteiger partial charge on any atom is 0.410 e. The number of carbonyl (C=O) groups excluding carboxylic acids is 2. The predicted molar refractivity (Wildman–Crippen MR) is 158 cm³/mol. The van der Waals surface area contributed by atoms with E-state index in [0.717, 1.165) is 38.0 Å². The van der Waals surface area contributed by atoms with Gasteiger partial charge in [0.2, 0.25) is 0 Å². The molecule has 2 amide bonds. The molecule has 0 unspecified atom stereocenters. The Morgan fingerprint density at radius 2 is 1.55 bits per heavy atom. The molecule has 210 valence electrons. The molecule has 2 atom stereocenters. The lowest BCUT2D eigenvalue weighted by Gasteiger charge is -2.38. The summed E-state index contributed by atoms with van der Waals surface area (Å²) in [6, 6.07) is 27.8. The van der Waals surface area contributed by atoms with Crippen molar-refractivity contribution in [2.24, 2.45) is 5.92 Å². The molecule has 0 N–H and O–H groups in total. The van der Waals surface area contributed by atoms with Crippen LogP contribution >= 0.6 is 11.6 Å². The van der Waals surface area contributed by atoms with Crippen LogP contribution in [0, 0.1) is 5.92 Å². The molecule has 2 fully saturated rings. The van der Waals surface area contributed by atoms with Gasteiger partial charge in [-0.1, -0.05) is 84.4 Å². The predicted octanol–water partition coefficient (Wildman–Crippen LogP) is 6.32. The number of likely N-dealkylation sites (tertiary alicyclic amines) is 2. The SMILES string of the molecule is CCN(C(=O)OCc1ccccc1)C1CCN(C[C@H]2CN(C(=O)c3ccccc3Cl)C[C@H]2c2ccccc2)CC1. The van der Waals surface area contributed by atoms with Crippen LogP contribution in [0.25, 0.3) is 0 Å². The molecule has 2 aliphatic rings. The number of ether oxygens (including phenoxy) is 1. The minimum absolute atomic E-state index is 0.000317. The fraction of sp³-hybridized carbons (Fsp3) is 0.394. The zero-order chi connectivity index (χ0) is 27.9. The van der Waals surface area contributed by atoms with Crippen molar-refractivity contribution >= 4 is 23.6 Å². The summed E-state index contributed by atoms with van der Waals surface area (Å²) in [7, 11) is 0. The summed E-state index contributed by atoms with van der Waals surface area (Å²) in [5, 5.41) is 0.497. The van der Waals surface area contributed by atoms with Crippen LogP contribution < -0.4 is 0 Å². The monoisotopic (exact) mass is 559 g/mol. The molecule has 0 bridgehead atoms. The Morgan fingerprint density at radius 3 is 2.23 bits per heavy atom.